The third-order valence-electron chi connectivity index (χ3n) is 3.57. The number of hydrogen-bond acceptors (Lipinski definition) is 5. The molecule has 0 amide bonds. The van der Waals surface area contributed by atoms with Crippen molar-refractivity contribution in [2.24, 2.45) is 11.8 Å². The fraction of sp³-hybridized carbons (Fsp3) is 0.917. The number of ether oxygens (including phenoxy) is 1. The number of nitrogens with one attached hydrogen (secondary N) is 1. The SMILES string of the molecule is CC(C)(C)OC(=O)C[C@@H]1CS(=O)(=O)[C@H]2CNC[C@@H]12. The Bertz CT molecular complexity index is 437. The van der Waals surface area contributed by atoms with E-state index in [0.29, 0.717) is 13.1 Å². The molecule has 104 valence electrons. The third-order valence-corrected chi connectivity index (χ3v) is 5.90. The van der Waals surface area contributed by atoms with E-state index in [1.54, 1.807) is 0 Å². The van der Waals surface area contributed by atoms with Crippen LogP contribution in [0.15, 0.2) is 0 Å². The van der Waals surface area contributed by atoms with Crippen molar-refractivity contribution in [2.45, 2.75) is 38.0 Å². The number of sulfone groups is 1. The minimum Gasteiger partial charge on any atom is -0.460 e. The molecule has 0 aromatic carbocycles. The van der Waals surface area contributed by atoms with E-state index in [1.807, 2.05) is 20.8 Å². The van der Waals surface area contributed by atoms with E-state index in [2.05, 4.69) is 5.32 Å². The van der Waals surface area contributed by atoms with E-state index in [1.165, 1.54) is 0 Å². The van der Waals surface area contributed by atoms with Crippen LogP contribution >= 0.6 is 0 Å². The summed E-state index contributed by atoms with van der Waals surface area (Å²) in [7, 11) is -3.03. The summed E-state index contributed by atoms with van der Waals surface area (Å²) in [5.74, 6) is -0.189. The van der Waals surface area contributed by atoms with Gasteiger partial charge in [-0.3, -0.25) is 4.79 Å². The van der Waals surface area contributed by atoms with Crippen LogP contribution in [0.2, 0.25) is 0 Å². The number of carbonyl (C=O) groups is 1. The smallest absolute Gasteiger partial charge is 0.306 e. The zero-order valence-electron chi connectivity index (χ0n) is 11.1. The molecule has 2 aliphatic rings. The number of rotatable bonds is 2. The maximum atomic E-state index is 11.9. The lowest BCUT2D eigenvalue weighted by Gasteiger charge is -2.22. The van der Waals surface area contributed by atoms with E-state index in [4.69, 9.17) is 4.74 Å². The minimum absolute atomic E-state index is 0.0718. The van der Waals surface area contributed by atoms with Gasteiger partial charge in [-0.05, 0) is 39.2 Å². The minimum atomic E-state index is -3.03. The van der Waals surface area contributed by atoms with Gasteiger partial charge >= 0.3 is 5.97 Å². The molecule has 2 fully saturated rings. The molecule has 0 unspecified atom stereocenters. The maximum Gasteiger partial charge on any atom is 0.306 e. The quantitative estimate of drug-likeness (QED) is 0.736. The summed E-state index contributed by atoms with van der Waals surface area (Å²) in [4.78, 5) is 11.8. The van der Waals surface area contributed by atoms with E-state index < -0.39 is 15.4 Å². The van der Waals surface area contributed by atoms with Crippen LogP contribution in [-0.2, 0) is 19.4 Å². The van der Waals surface area contributed by atoms with Gasteiger partial charge in [0.05, 0.1) is 11.0 Å². The molecule has 0 aromatic rings. The fourth-order valence-electron chi connectivity index (χ4n) is 2.89. The molecule has 0 spiro atoms. The maximum absolute atomic E-state index is 11.9. The van der Waals surface area contributed by atoms with Crippen molar-refractivity contribution in [2.75, 3.05) is 18.8 Å². The van der Waals surface area contributed by atoms with Crippen LogP contribution < -0.4 is 5.32 Å². The van der Waals surface area contributed by atoms with E-state index in [9.17, 15) is 13.2 Å². The summed E-state index contributed by atoms with van der Waals surface area (Å²) in [6.45, 7) is 6.66. The Morgan fingerprint density at radius 2 is 2.00 bits per heavy atom. The Morgan fingerprint density at radius 1 is 1.33 bits per heavy atom. The van der Waals surface area contributed by atoms with Gasteiger partial charge in [0.15, 0.2) is 9.84 Å². The van der Waals surface area contributed by atoms with Gasteiger partial charge in [0.2, 0.25) is 0 Å². The van der Waals surface area contributed by atoms with Gasteiger partial charge in [-0.2, -0.15) is 0 Å². The molecule has 0 saturated carbocycles. The Morgan fingerprint density at radius 3 is 2.61 bits per heavy atom. The van der Waals surface area contributed by atoms with Crippen LogP contribution in [0.3, 0.4) is 0 Å². The zero-order valence-corrected chi connectivity index (χ0v) is 11.9. The molecule has 0 bridgehead atoms. The zero-order chi connectivity index (χ0) is 13.6. The predicted molar refractivity (Wildman–Crippen MR) is 67.9 cm³/mol. The van der Waals surface area contributed by atoms with Gasteiger partial charge in [0.25, 0.3) is 0 Å². The Hall–Kier alpha value is -0.620. The van der Waals surface area contributed by atoms with Crippen molar-refractivity contribution in [3.8, 4) is 0 Å². The van der Waals surface area contributed by atoms with Crippen molar-refractivity contribution < 1.29 is 17.9 Å². The van der Waals surface area contributed by atoms with Crippen molar-refractivity contribution in [1.82, 2.24) is 5.32 Å². The molecule has 0 aliphatic carbocycles. The van der Waals surface area contributed by atoms with Crippen molar-refractivity contribution >= 4 is 15.8 Å². The lowest BCUT2D eigenvalue weighted by Crippen LogP contribution is -2.28. The largest absolute Gasteiger partial charge is 0.460 e. The molecule has 1 N–H and O–H groups in total. The highest BCUT2D eigenvalue weighted by atomic mass is 32.2. The molecule has 5 nitrogen and oxygen atoms in total. The van der Waals surface area contributed by atoms with Crippen LogP contribution in [0.1, 0.15) is 27.2 Å². The van der Waals surface area contributed by atoms with Crippen molar-refractivity contribution in [3.05, 3.63) is 0 Å². The van der Waals surface area contributed by atoms with Gasteiger partial charge in [-0.1, -0.05) is 0 Å². The second kappa shape index (κ2) is 4.49. The highest BCUT2D eigenvalue weighted by molar-refractivity contribution is 7.92. The van der Waals surface area contributed by atoms with Gasteiger partial charge in [0, 0.05) is 13.0 Å². The first-order valence-corrected chi connectivity index (χ1v) is 8.05. The molecule has 2 aliphatic heterocycles. The highest BCUT2D eigenvalue weighted by Crippen LogP contribution is 2.36. The first kappa shape index (κ1) is 13.8. The topological polar surface area (TPSA) is 72.5 Å². The summed E-state index contributed by atoms with van der Waals surface area (Å²) >= 11 is 0. The van der Waals surface area contributed by atoms with Crippen molar-refractivity contribution in [3.63, 3.8) is 0 Å². The third kappa shape index (κ3) is 2.85. The lowest BCUT2D eigenvalue weighted by molar-refractivity contribution is -0.156. The van der Waals surface area contributed by atoms with E-state index >= 15 is 0 Å². The van der Waals surface area contributed by atoms with Gasteiger partial charge < -0.3 is 10.1 Å². The number of hydrogen-bond donors (Lipinski definition) is 1. The van der Waals surface area contributed by atoms with Gasteiger partial charge in [-0.15, -0.1) is 0 Å². The summed E-state index contributed by atoms with van der Waals surface area (Å²) in [5.41, 5.74) is -0.512. The molecule has 3 atom stereocenters. The highest BCUT2D eigenvalue weighted by Gasteiger charge is 2.50. The molecule has 18 heavy (non-hydrogen) atoms. The normalized spacial score (nSPS) is 34.3. The van der Waals surface area contributed by atoms with Crippen LogP contribution in [-0.4, -0.2) is 44.1 Å². The predicted octanol–water partition coefficient (Wildman–Crippen LogP) is 0.351. The number of esters is 1. The fourth-order valence-corrected chi connectivity index (χ4v) is 5.32. The standard InChI is InChI=1S/C12H21NO4S/c1-12(2,3)17-11(14)4-8-7-18(15,16)10-6-13-5-9(8)10/h8-10,13H,4-7H2,1-3H3/t8-,9+,10+/m1/s1. The molecular formula is C12H21NO4S. The lowest BCUT2D eigenvalue weighted by atomic mass is 9.90. The summed E-state index contributed by atoms with van der Waals surface area (Å²) < 4.78 is 29.1. The molecule has 2 saturated heterocycles. The van der Waals surface area contributed by atoms with E-state index in [0.717, 1.165) is 0 Å². The number of fused-ring (bicyclic) bond motifs is 1. The molecule has 6 heteroatoms. The average Bonchev–Trinajstić information content (AvgIpc) is 2.67. The Labute approximate surface area is 108 Å². The number of carbonyl (C=O) groups excluding carboxylic acids is 1. The van der Waals surface area contributed by atoms with E-state index in [-0.39, 0.29) is 35.2 Å². The van der Waals surface area contributed by atoms with Crippen LogP contribution in [0, 0.1) is 11.8 Å². The van der Waals surface area contributed by atoms with Gasteiger partial charge in [-0.25, -0.2) is 8.42 Å². The monoisotopic (exact) mass is 275 g/mol. The molecular weight excluding hydrogens is 254 g/mol. The first-order valence-electron chi connectivity index (χ1n) is 6.33. The van der Waals surface area contributed by atoms with Gasteiger partial charge in [0.1, 0.15) is 5.60 Å². The Kier molecular flexibility index (Phi) is 3.44. The average molecular weight is 275 g/mol. The molecule has 0 radical (unpaired) electrons. The molecule has 2 rings (SSSR count). The summed E-state index contributed by atoms with van der Waals surface area (Å²) in [5, 5.41) is 2.80. The second-order valence-electron chi connectivity index (χ2n) is 6.24. The van der Waals surface area contributed by atoms with Crippen LogP contribution in [0.25, 0.3) is 0 Å². The van der Waals surface area contributed by atoms with Crippen LogP contribution in [0.5, 0.6) is 0 Å². The summed E-state index contributed by atoms with van der Waals surface area (Å²) in [6, 6.07) is 0. The first-order chi connectivity index (χ1) is 8.19. The van der Waals surface area contributed by atoms with Crippen LogP contribution in [0.4, 0.5) is 0 Å². The molecule has 2 heterocycles. The Balaban J connectivity index is 2.01. The van der Waals surface area contributed by atoms with Crippen molar-refractivity contribution in [1.29, 1.82) is 0 Å². The molecule has 0 aromatic heterocycles. The second-order valence-corrected chi connectivity index (χ2v) is 8.51. The summed E-state index contributed by atoms with van der Waals surface area (Å²) in [6.07, 6.45) is 0.208.